The highest BCUT2D eigenvalue weighted by atomic mass is 16.5. The summed E-state index contributed by atoms with van der Waals surface area (Å²) in [6.45, 7) is 2.11. The molecule has 0 aliphatic rings. The first-order valence-corrected chi connectivity index (χ1v) is 5.26. The molecule has 0 fully saturated rings. The zero-order chi connectivity index (χ0) is 12.3. The fourth-order valence-electron chi connectivity index (χ4n) is 1.53. The van der Waals surface area contributed by atoms with Crippen molar-refractivity contribution in [2.24, 2.45) is 0 Å². The summed E-state index contributed by atoms with van der Waals surface area (Å²) in [7, 11) is 0. The highest BCUT2D eigenvalue weighted by molar-refractivity contribution is 5.91. The van der Waals surface area contributed by atoms with E-state index >= 15 is 0 Å². The molecule has 0 bridgehead atoms. The number of nitrogen functional groups attached to an aromatic ring is 1. The molecule has 0 spiro atoms. The number of rotatable bonds is 3. The maximum atomic E-state index is 11.6. The summed E-state index contributed by atoms with van der Waals surface area (Å²) in [6.07, 6.45) is 5.08. The fraction of sp³-hybridized carbons (Fsp3) is 0.167. The Morgan fingerprint density at radius 2 is 2.29 bits per heavy atom. The number of esters is 1. The van der Waals surface area contributed by atoms with Gasteiger partial charge in [-0.05, 0) is 25.1 Å². The highest BCUT2D eigenvalue weighted by Gasteiger charge is 2.09. The zero-order valence-electron chi connectivity index (χ0n) is 9.46. The van der Waals surface area contributed by atoms with E-state index in [-0.39, 0.29) is 5.97 Å². The molecule has 0 aliphatic heterocycles. The predicted octanol–water partition coefficient (Wildman–Crippen LogP) is 1.63. The molecule has 0 unspecified atom stereocenters. The summed E-state index contributed by atoms with van der Waals surface area (Å²) in [5.74, 6) is -0.374. The first-order chi connectivity index (χ1) is 8.20. The van der Waals surface area contributed by atoms with E-state index < -0.39 is 0 Å². The second kappa shape index (κ2) is 4.69. The van der Waals surface area contributed by atoms with E-state index in [4.69, 9.17) is 10.5 Å². The quantitative estimate of drug-likeness (QED) is 0.643. The third-order valence-corrected chi connectivity index (χ3v) is 2.25. The summed E-state index contributed by atoms with van der Waals surface area (Å²) in [4.78, 5) is 15.6. The molecule has 5 heteroatoms. The lowest BCUT2D eigenvalue weighted by Gasteiger charge is -2.07. The summed E-state index contributed by atoms with van der Waals surface area (Å²) >= 11 is 0. The summed E-state index contributed by atoms with van der Waals surface area (Å²) in [5, 5.41) is 0. The first-order valence-electron chi connectivity index (χ1n) is 5.26. The lowest BCUT2D eigenvalue weighted by atomic mass is 10.1. The van der Waals surface area contributed by atoms with E-state index in [1.807, 2.05) is 0 Å². The molecular formula is C12H13N3O2. The Hall–Kier alpha value is -2.30. The van der Waals surface area contributed by atoms with Crippen LogP contribution >= 0.6 is 0 Å². The predicted molar refractivity (Wildman–Crippen MR) is 63.9 cm³/mol. The number of anilines is 1. The van der Waals surface area contributed by atoms with Gasteiger partial charge in [-0.25, -0.2) is 9.78 Å². The van der Waals surface area contributed by atoms with Crippen LogP contribution in [0.5, 0.6) is 0 Å². The van der Waals surface area contributed by atoms with Crippen LogP contribution in [-0.2, 0) is 4.74 Å². The number of carbonyl (C=O) groups excluding carboxylic acids is 1. The number of ether oxygens (including phenoxy) is 1. The van der Waals surface area contributed by atoms with Crippen molar-refractivity contribution in [1.29, 1.82) is 0 Å². The number of benzene rings is 1. The van der Waals surface area contributed by atoms with Crippen molar-refractivity contribution in [3.8, 4) is 5.69 Å². The normalized spacial score (nSPS) is 10.2. The SMILES string of the molecule is CCOC(=O)c1cc(N)cc(-n2ccnc2)c1. The monoisotopic (exact) mass is 231 g/mol. The van der Waals surface area contributed by atoms with Crippen LogP contribution in [0.1, 0.15) is 17.3 Å². The first kappa shape index (κ1) is 11.2. The van der Waals surface area contributed by atoms with Crippen LogP contribution < -0.4 is 5.73 Å². The summed E-state index contributed by atoms with van der Waals surface area (Å²) in [5.41, 5.74) is 7.49. The topological polar surface area (TPSA) is 70.1 Å². The average molecular weight is 231 g/mol. The molecule has 88 valence electrons. The molecule has 2 rings (SSSR count). The van der Waals surface area contributed by atoms with Crippen molar-refractivity contribution in [2.45, 2.75) is 6.92 Å². The number of hydrogen-bond donors (Lipinski definition) is 1. The van der Waals surface area contributed by atoms with Crippen LogP contribution in [-0.4, -0.2) is 22.1 Å². The number of nitrogens with two attached hydrogens (primary N) is 1. The van der Waals surface area contributed by atoms with Gasteiger partial charge in [-0.15, -0.1) is 0 Å². The Morgan fingerprint density at radius 3 is 2.94 bits per heavy atom. The second-order valence-corrected chi connectivity index (χ2v) is 3.50. The number of aromatic nitrogens is 2. The van der Waals surface area contributed by atoms with E-state index in [2.05, 4.69) is 4.98 Å². The van der Waals surface area contributed by atoms with Crippen molar-refractivity contribution in [2.75, 3.05) is 12.3 Å². The molecular weight excluding hydrogens is 218 g/mol. The second-order valence-electron chi connectivity index (χ2n) is 3.50. The standard InChI is InChI=1S/C12H13N3O2/c1-2-17-12(16)9-5-10(13)7-11(6-9)15-4-3-14-8-15/h3-8H,2,13H2,1H3. The molecule has 2 N–H and O–H groups in total. The lowest BCUT2D eigenvalue weighted by Crippen LogP contribution is -2.06. The van der Waals surface area contributed by atoms with Crippen molar-refractivity contribution in [3.63, 3.8) is 0 Å². The van der Waals surface area contributed by atoms with Crippen molar-refractivity contribution in [1.82, 2.24) is 9.55 Å². The van der Waals surface area contributed by atoms with Gasteiger partial charge in [0.2, 0.25) is 0 Å². The van der Waals surface area contributed by atoms with Gasteiger partial charge in [0.25, 0.3) is 0 Å². The van der Waals surface area contributed by atoms with Gasteiger partial charge >= 0.3 is 5.97 Å². The maximum Gasteiger partial charge on any atom is 0.338 e. The van der Waals surface area contributed by atoms with Crippen LogP contribution in [0.15, 0.2) is 36.9 Å². The van der Waals surface area contributed by atoms with Crippen LogP contribution in [0.4, 0.5) is 5.69 Å². The number of imidazole rings is 1. The Balaban J connectivity index is 2.39. The smallest absolute Gasteiger partial charge is 0.338 e. The summed E-state index contributed by atoms with van der Waals surface area (Å²) < 4.78 is 6.71. The molecule has 1 aromatic carbocycles. The largest absolute Gasteiger partial charge is 0.462 e. The highest BCUT2D eigenvalue weighted by Crippen LogP contribution is 2.16. The molecule has 17 heavy (non-hydrogen) atoms. The molecule has 0 radical (unpaired) electrons. The van der Waals surface area contributed by atoms with Crippen molar-refractivity contribution < 1.29 is 9.53 Å². The minimum Gasteiger partial charge on any atom is -0.462 e. The molecule has 0 aliphatic carbocycles. The molecule has 2 aromatic rings. The summed E-state index contributed by atoms with van der Waals surface area (Å²) in [6, 6.07) is 5.08. The number of carbonyl (C=O) groups is 1. The number of nitrogens with zero attached hydrogens (tertiary/aromatic N) is 2. The molecule has 0 saturated heterocycles. The zero-order valence-corrected chi connectivity index (χ0v) is 9.46. The Labute approximate surface area is 98.8 Å². The molecule has 0 amide bonds. The van der Waals surface area contributed by atoms with Gasteiger partial charge in [-0.3, -0.25) is 0 Å². The van der Waals surface area contributed by atoms with Gasteiger partial charge in [0.15, 0.2) is 0 Å². The van der Waals surface area contributed by atoms with E-state index in [0.29, 0.717) is 17.9 Å². The molecule has 1 heterocycles. The van der Waals surface area contributed by atoms with Gasteiger partial charge in [-0.2, -0.15) is 0 Å². The van der Waals surface area contributed by atoms with E-state index in [0.717, 1.165) is 5.69 Å². The van der Waals surface area contributed by atoms with E-state index in [1.54, 1.807) is 48.4 Å². The van der Waals surface area contributed by atoms with Crippen LogP contribution in [0.2, 0.25) is 0 Å². The Morgan fingerprint density at radius 1 is 1.47 bits per heavy atom. The minimum absolute atomic E-state index is 0.341. The molecule has 0 atom stereocenters. The van der Waals surface area contributed by atoms with Gasteiger partial charge < -0.3 is 15.0 Å². The average Bonchev–Trinajstić information content (AvgIpc) is 2.82. The molecule has 0 saturated carbocycles. The Bertz CT molecular complexity index is 521. The van der Waals surface area contributed by atoms with Gasteiger partial charge in [0.05, 0.1) is 18.5 Å². The van der Waals surface area contributed by atoms with Gasteiger partial charge in [0, 0.05) is 23.8 Å². The third-order valence-electron chi connectivity index (χ3n) is 2.25. The fourth-order valence-corrected chi connectivity index (χ4v) is 1.53. The van der Waals surface area contributed by atoms with Crippen molar-refractivity contribution >= 4 is 11.7 Å². The Kier molecular flexibility index (Phi) is 3.09. The molecule has 1 aromatic heterocycles. The number of hydrogen-bond acceptors (Lipinski definition) is 4. The third kappa shape index (κ3) is 2.44. The van der Waals surface area contributed by atoms with Crippen molar-refractivity contribution in [3.05, 3.63) is 42.5 Å². The lowest BCUT2D eigenvalue weighted by molar-refractivity contribution is 0.0526. The van der Waals surface area contributed by atoms with Gasteiger partial charge in [0.1, 0.15) is 0 Å². The van der Waals surface area contributed by atoms with Crippen LogP contribution in [0.25, 0.3) is 5.69 Å². The molecule has 5 nitrogen and oxygen atoms in total. The maximum absolute atomic E-state index is 11.6. The van der Waals surface area contributed by atoms with E-state index in [9.17, 15) is 4.79 Å². The van der Waals surface area contributed by atoms with Gasteiger partial charge in [-0.1, -0.05) is 0 Å². The van der Waals surface area contributed by atoms with Crippen LogP contribution in [0.3, 0.4) is 0 Å². The van der Waals surface area contributed by atoms with E-state index in [1.165, 1.54) is 0 Å². The van der Waals surface area contributed by atoms with Crippen LogP contribution in [0, 0.1) is 0 Å². The minimum atomic E-state index is -0.374.